The minimum absolute atomic E-state index is 0.116. The molecule has 0 aliphatic carbocycles. The Morgan fingerprint density at radius 3 is 2.31 bits per heavy atom. The van der Waals surface area contributed by atoms with Crippen molar-refractivity contribution in [1.29, 1.82) is 0 Å². The van der Waals surface area contributed by atoms with E-state index in [0.29, 0.717) is 25.4 Å². The van der Waals surface area contributed by atoms with Crippen molar-refractivity contribution in [3.63, 3.8) is 0 Å². The third kappa shape index (κ3) is 5.22. The molecule has 166 valence electrons. The van der Waals surface area contributed by atoms with Gasteiger partial charge in [-0.25, -0.2) is 9.97 Å². The van der Waals surface area contributed by atoms with Gasteiger partial charge in [0.15, 0.2) is 5.82 Å². The van der Waals surface area contributed by atoms with Crippen LogP contribution in [0.2, 0.25) is 5.02 Å². The summed E-state index contributed by atoms with van der Waals surface area (Å²) in [6, 6.07) is 17.9. The summed E-state index contributed by atoms with van der Waals surface area (Å²) in [5.74, 6) is 2.13. The van der Waals surface area contributed by atoms with Gasteiger partial charge in [-0.1, -0.05) is 54.1 Å². The number of anilines is 1. The van der Waals surface area contributed by atoms with Crippen LogP contribution in [0, 0.1) is 6.92 Å². The second-order valence-electron chi connectivity index (χ2n) is 7.91. The van der Waals surface area contributed by atoms with Gasteiger partial charge in [-0.3, -0.25) is 4.79 Å². The van der Waals surface area contributed by atoms with Gasteiger partial charge in [-0.2, -0.15) is 0 Å². The lowest BCUT2D eigenvalue weighted by Crippen LogP contribution is -2.49. The number of carbonyl (C=O) groups is 1. The Morgan fingerprint density at radius 1 is 0.969 bits per heavy atom. The summed E-state index contributed by atoms with van der Waals surface area (Å²) in [5.41, 5.74) is 4.22. The quantitative estimate of drug-likeness (QED) is 0.479. The van der Waals surface area contributed by atoms with E-state index in [1.165, 1.54) is 0 Å². The van der Waals surface area contributed by atoms with E-state index < -0.39 is 0 Å². The van der Waals surface area contributed by atoms with Gasteiger partial charge in [-0.05, 0) is 24.6 Å². The molecule has 1 saturated heterocycles. The molecular formula is C25H26Cl2N4O. The van der Waals surface area contributed by atoms with Crippen molar-refractivity contribution >= 4 is 34.9 Å². The molecule has 1 aliphatic rings. The molecule has 1 amide bonds. The van der Waals surface area contributed by atoms with Crippen LogP contribution in [-0.2, 0) is 11.2 Å². The standard InChI is InChI=1S/C25H26Cl2N4O/c1-18-22(17-19-7-9-21(27)10-8-19)25(29-24(28-18)20-5-3-2-4-6-20)31-15-13-30(14-16-31)23(32)11-12-26/h2-10H,11-17H2,1H3. The fourth-order valence-corrected chi connectivity index (χ4v) is 4.27. The Balaban J connectivity index is 1.67. The Bertz CT molecular complexity index is 1070. The Morgan fingerprint density at radius 2 is 1.66 bits per heavy atom. The van der Waals surface area contributed by atoms with Crippen LogP contribution >= 0.6 is 23.2 Å². The van der Waals surface area contributed by atoms with Gasteiger partial charge in [0.25, 0.3) is 0 Å². The molecule has 0 atom stereocenters. The van der Waals surface area contributed by atoms with E-state index in [0.717, 1.165) is 58.6 Å². The van der Waals surface area contributed by atoms with E-state index in [1.807, 2.05) is 66.4 Å². The summed E-state index contributed by atoms with van der Waals surface area (Å²) in [7, 11) is 0. The Kier molecular flexibility index (Phi) is 7.28. The summed E-state index contributed by atoms with van der Waals surface area (Å²) in [6.45, 7) is 4.83. The zero-order valence-electron chi connectivity index (χ0n) is 18.1. The molecule has 1 aliphatic heterocycles. The van der Waals surface area contributed by atoms with Crippen molar-refractivity contribution in [2.24, 2.45) is 0 Å². The minimum Gasteiger partial charge on any atom is -0.353 e. The number of amides is 1. The molecule has 0 radical (unpaired) electrons. The highest BCUT2D eigenvalue weighted by atomic mass is 35.5. The first-order chi connectivity index (χ1) is 15.5. The van der Waals surface area contributed by atoms with E-state index >= 15 is 0 Å². The number of halogens is 2. The van der Waals surface area contributed by atoms with Crippen LogP contribution < -0.4 is 4.90 Å². The Hall–Kier alpha value is -2.63. The number of aryl methyl sites for hydroxylation is 1. The van der Waals surface area contributed by atoms with Gasteiger partial charge in [-0.15, -0.1) is 11.6 Å². The zero-order valence-corrected chi connectivity index (χ0v) is 19.6. The van der Waals surface area contributed by atoms with Gasteiger partial charge in [0.1, 0.15) is 5.82 Å². The average molecular weight is 469 g/mol. The first-order valence-corrected chi connectivity index (χ1v) is 11.7. The second-order valence-corrected chi connectivity index (χ2v) is 8.73. The van der Waals surface area contributed by atoms with E-state index in [-0.39, 0.29) is 5.91 Å². The molecule has 7 heteroatoms. The lowest BCUT2D eigenvalue weighted by atomic mass is 10.0. The van der Waals surface area contributed by atoms with Gasteiger partial charge >= 0.3 is 0 Å². The number of aromatic nitrogens is 2. The molecule has 0 saturated carbocycles. The third-order valence-corrected chi connectivity index (χ3v) is 6.20. The maximum absolute atomic E-state index is 12.3. The van der Waals surface area contributed by atoms with E-state index in [2.05, 4.69) is 4.90 Å². The van der Waals surface area contributed by atoms with Crippen LogP contribution in [0.3, 0.4) is 0 Å². The average Bonchev–Trinajstić information content (AvgIpc) is 2.82. The Labute approximate surface area is 199 Å². The van der Waals surface area contributed by atoms with Gasteiger partial charge in [0, 0.05) is 66.7 Å². The maximum atomic E-state index is 12.3. The maximum Gasteiger partial charge on any atom is 0.223 e. The third-order valence-electron chi connectivity index (χ3n) is 5.76. The smallest absolute Gasteiger partial charge is 0.223 e. The summed E-state index contributed by atoms with van der Waals surface area (Å²) >= 11 is 11.8. The number of benzene rings is 2. The van der Waals surface area contributed by atoms with Gasteiger partial charge in [0.2, 0.25) is 5.91 Å². The number of rotatable bonds is 6. The predicted octanol–water partition coefficient (Wildman–Crippen LogP) is 4.97. The van der Waals surface area contributed by atoms with Crippen molar-refractivity contribution in [2.75, 3.05) is 37.0 Å². The number of carbonyl (C=O) groups excluding carboxylic acids is 1. The van der Waals surface area contributed by atoms with Crippen molar-refractivity contribution in [3.05, 3.63) is 76.4 Å². The normalized spacial score (nSPS) is 14.0. The predicted molar refractivity (Wildman–Crippen MR) is 131 cm³/mol. The van der Waals surface area contributed by atoms with Crippen LogP contribution in [0.1, 0.15) is 23.2 Å². The number of hydrogen-bond donors (Lipinski definition) is 0. The molecule has 0 bridgehead atoms. The lowest BCUT2D eigenvalue weighted by Gasteiger charge is -2.36. The van der Waals surface area contributed by atoms with Crippen molar-refractivity contribution in [1.82, 2.24) is 14.9 Å². The van der Waals surface area contributed by atoms with E-state index in [1.54, 1.807) is 0 Å². The zero-order chi connectivity index (χ0) is 22.5. The highest BCUT2D eigenvalue weighted by Gasteiger charge is 2.25. The molecule has 32 heavy (non-hydrogen) atoms. The largest absolute Gasteiger partial charge is 0.353 e. The highest BCUT2D eigenvalue weighted by molar-refractivity contribution is 6.30. The monoisotopic (exact) mass is 468 g/mol. The molecule has 1 fully saturated rings. The van der Waals surface area contributed by atoms with Crippen molar-refractivity contribution < 1.29 is 4.79 Å². The molecule has 1 aromatic heterocycles. The summed E-state index contributed by atoms with van der Waals surface area (Å²) < 4.78 is 0. The SMILES string of the molecule is Cc1nc(-c2ccccc2)nc(N2CCN(C(=O)CCCl)CC2)c1Cc1ccc(Cl)cc1. The van der Waals surface area contributed by atoms with E-state index in [4.69, 9.17) is 33.2 Å². The van der Waals surface area contributed by atoms with Gasteiger partial charge in [0.05, 0.1) is 0 Å². The summed E-state index contributed by atoms with van der Waals surface area (Å²) in [4.78, 5) is 26.3. The fourth-order valence-electron chi connectivity index (χ4n) is 3.98. The highest BCUT2D eigenvalue weighted by Crippen LogP contribution is 2.28. The molecule has 2 heterocycles. The summed E-state index contributed by atoms with van der Waals surface area (Å²) in [6.07, 6.45) is 1.10. The molecule has 0 N–H and O–H groups in total. The molecule has 4 rings (SSSR count). The van der Waals surface area contributed by atoms with Crippen LogP contribution in [0.15, 0.2) is 54.6 Å². The van der Waals surface area contributed by atoms with Crippen LogP contribution in [-0.4, -0.2) is 52.8 Å². The van der Waals surface area contributed by atoms with E-state index in [9.17, 15) is 4.79 Å². The van der Waals surface area contributed by atoms with Crippen LogP contribution in [0.25, 0.3) is 11.4 Å². The van der Waals surface area contributed by atoms with Crippen molar-refractivity contribution in [3.8, 4) is 11.4 Å². The fraction of sp³-hybridized carbons (Fsp3) is 0.320. The topological polar surface area (TPSA) is 49.3 Å². The molecule has 0 unspecified atom stereocenters. The second kappa shape index (κ2) is 10.3. The number of piperazine rings is 1. The first-order valence-electron chi connectivity index (χ1n) is 10.8. The first kappa shape index (κ1) is 22.6. The van der Waals surface area contributed by atoms with Crippen LogP contribution in [0.5, 0.6) is 0 Å². The van der Waals surface area contributed by atoms with Crippen LogP contribution in [0.4, 0.5) is 5.82 Å². The minimum atomic E-state index is 0.116. The molecule has 2 aromatic carbocycles. The lowest BCUT2D eigenvalue weighted by molar-refractivity contribution is -0.131. The number of hydrogen-bond acceptors (Lipinski definition) is 4. The molecule has 3 aromatic rings. The number of nitrogens with zero attached hydrogens (tertiary/aromatic N) is 4. The molecule has 5 nitrogen and oxygen atoms in total. The summed E-state index contributed by atoms with van der Waals surface area (Å²) in [5, 5.41) is 0.721. The molecule has 0 spiro atoms. The van der Waals surface area contributed by atoms with Gasteiger partial charge < -0.3 is 9.80 Å². The van der Waals surface area contributed by atoms with Crippen molar-refractivity contribution in [2.45, 2.75) is 19.8 Å². The molecular weight excluding hydrogens is 443 g/mol. The number of alkyl halides is 1.